The van der Waals surface area contributed by atoms with E-state index < -0.39 is 29.7 Å². The fraction of sp³-hybridized carbons (Fsp3) is 0.467. The first-order valence-electron chi connectivity index (χ1n) is 6.99. The van der Waals surface area contributed by atoms with Crippen molar-refractivity contribution in [3.8, 4) is 0 Å². The molecule has 8 heteroatoms. The van der Waals surface area contributed by atoms with Crippen LogP contribution in [-0.4, -0.2) is 40.5 Å². The fourth-order valence-corrected chi connectivity index (χ4v) is 3.11. The second-order valence-electron chi connectivity index (χ2n) is 5.32. The molecule has 0 bridgehead atoms. The molecular formula is C15H15F4NO2S. The van der Waals surface area contributed by atoms with Crippen LogP contribution in [0.5, 0.6) is 0 Å². The first kappa shape index (κ1) is 17.8. The third-order valence-electron chi connectivity index (χ3n) is 3.28. The van der Waals surface area contributed by atoms with Crippen molar-refractivity contribution in [2.75, 3.05) is 11.5 Å². The maximum Gasteiger partial charge on any atom is 0.433 e. The standard InChI is InChI=1S/C15H15F4NO2S/c16-11-5-3-10(4-6-11)13(15(17,18)19)20-12(14(21)22)8-23-7-9-1-2-9/h3-6,9,12H,1-2,7-8H2,(H,21,22)/t12-/m0/s1. The van der Waals surface area contributed by atoms with Crippen molar-refractivity contribution in [3.05, 3.63) is 35.6 Å². The molecule has 0 aliphatic heterocycles. The van der Waals surface area contributed by atoms with Gasteiger partial charge in [0.25, 0.3) is 0 Å². The molecule has 1 aliphatic rings. The summed E-state index contributed by atoms with van der Waals surface area (Å²) < 4.78 is 52.4. The Bertz CT molecular complexity index is 582. The van der Waals surface area contributed by atoms with Crippen molar-refractivity contribution in [2.24, 2.45) is 10.9 Å². The molecular weight excluding hydrogens is 334 g/mol. The van der Waals surface area contributed by atoms with E-state index in [9.17, 15) is 22.4 Å². The van der Waals surface area contributed by atoms with E-state index in [1.165, 1.54) is 11.8 Å². The average Bonchev–Trinajstić information content (AvgIpc) is 3.26. The Kier molecular flexibility index (Phi) is 5.67. The topological polar surface area (TPSA) is 49.7 Å². The maximum atomic E-state index is 13.2. The first-order chi connectivity index (χ1) is 10.8. The molecule has 126 valence electrons. The van der Waals surface area contributed by atoms with Crippen LogP contribution in [0.3, 0.4) is 0 Å². The highest BCUT2D eigenvalue weighted by molar-refractivity contribution is 7.99. The minimum atomic E-state index is -4.81. The Morgan fingerprint density at radius 1 is 1.30 bits per heavy atom. The van der Waals surface area contributed by atoms with E-state index in [0.717, 1.165) is 42.9 Å². The summed E-state index contributed by atoms with van der Waals surface area (Å²) in [5.74, 6) is -0.830. The minimum Gasteiger partial charge on any atom is -0.480 e. The van der Waals surface area contributed by atoms with Gasteiger partial charge in [0.2, 0.25) is 0 Å². The van der Waals surface area contributed by atoms with E-state index >= 15 is 0 Å². The molecule has 0 aromatic heterocycles. The zero-order valence-electron chi connectivity index (χ0n) is 12.0. The smallest absolute Gasteiger partial charge is 0.433 e. The Morgan fingerprint density at radius 3 is 2.39 bits per heavy atom. The summed E-state index contributed by atoms with van der Waals surface area (Å²) in [5, 5.41) is 9.11. The Morgan fingerprint density at radius 2 is 1.91 bits per heavy atom. The summed E-state index contributed by atoms with van der Waals surface area (Å²) in [4.78, 5) is 14.6. The van der Waals surface area contributed by atoms with Gasteiger partial charge >= 0.3 is 12.1 Å². The molecule has 1 aromatic carbocycles. The third-order valence-corrected chi connectivity index (χ3v) is 4.54. The molecule has 0 spiro atoms. The van der Waals surface area contributed by atoms with Gasteiger partial charge in [-0.1, -0.05) is 0 Å². The SMILES string of the molecule is O=C(O)[C@H](CSCC1CC1)N=C(c1ccc(F)cc1)C(F)(F)F. The third kappa shape index (κ3) is 5.53. The van der Waals surface area contributed by atoms with Gasteiger partial charge in [-0.25, -0.2) is 9.18 Å². The van der Waals surface area contributed by atoms with E-state index in [2.05, 4.69) is 4.99 Å². The van der Waals surface area contributed by atoms with Gasteiger partial charge in [0.15, 0.2) is 6.04 Å². The van der Waals surface area contributed by atoms with Gasteiger partial charge < -0.3 is 5.11 Å². The van der Waals surface area contributed by atoms with Gasteiger partial charge in [-0.05, 0) is 48.8 Å². The average molecular weight is 349 g/mol. The predicted molar refractivity (Wildman–Crippen MR) is 80.5 cm³/mol. The summed E-state index contributed by atoms with van der Waals surface area (Å²) in [6, 6.07) is 2.17. The molecule has 3 nitrogen and oxygen atoms in total. The normalized spacial score (nSPS) is 17.1. The number of hydrogen-bond acceptors (Lipinski definition) is 3. The monoisotopic (exact) mass is 349 g/mol. The molecule has 1 aromatic rings. The van der Waals surface area contributed by atoms with Gasteiger partial charge in [0.1, 0.15) is 11.5 Å². The van der Waals surface area contributed by atoms with Crippen molar-refractivity contribution in [1.82, 2.24) is 0 Å². The zero-order chi connectivity index (χ0) is 17.0. The zero-order valence-corrected chi connectivity index (χ0v) is 12.8. The molecule has 0 radical (unpaired) electrons. The lowest BCUT2D eigenvalue weighted by molar-refractivity contribution is -0.137. The number of carboxylic acid groups (broad SMARTS) is 1. The molecule has 1 atom stereocenters. The van der Waals surface area contributed by atoms with Crippen LogP contribution in [0.2, 0.25) is 0 Å². The maximum absolute atomic E-state index is 13.2. The van der Waals surface area contributed by atoms with Crippen LogP contribution in [-0.2, 0) is 4.79 Å². The van der Waals surface area contributed by atoms with Crippen LogP contribution >= 0.6 is 11.8 Å². The van der Waals surface area contributed by atoms with Crippen molar-refractivity contribution in [1.29, 1.82) is 0 Å². The van der Waals surface area contributed by atoms with Crippen LogP contribution in [0, 0.1) is 11.7 Å². The molecule has 1 aliphatic carbocycles. The van der Waals surface area contributed by atoms with Crippen molar-refractivity contribution in [2.45, 2.75) is 25.1 Å². The number of aliphatic carboxylic acids is 1. The Hall–Kier alpha value is -1.57. The number of halogens is 4. The van der Waals surface area contributed by atoms with Gasteiger partial charge in [-0.3, -0.25) is 4.99 Å². The molecule has 0 amide bonds. The summed E-state index contributed by atoms with van der Waals surface area (Å²) in [6.45, 7) is 0. The number of aliphatic imine (C=N–C) groups is 1. The van der Waals surface area contributed by atoms with E-state index in [4.69, 9.17) is 5.11 Å². The van der Waals surface area contributed by atoms with Crippen molar-refractivity contribution >= 4 is 23.4 Å². The fourth-order valence-electron chi connectivity index (χ4n) is 1.87. The van der Waals surface area contributed by atoms with Crippen LogP contribution in [0.1, 0.15) is 18.4 Å². The second-order valence-corrected chi connectivity index (χ2v) is 6.39. The van der Waals surface area contributed by atoms with Crippen molar-refractivity contribution < 1.29 is 27.5 Å². The van der Waals surface area contributed by atoms with Gasteiger partial charge in [-0.2, -0.15) is 24.9 Å². The molecule has 1 fully saturated rings. The molecule has 0 unspecified atom stereocenters. The highest BCUT2D eigenvalue weighted by Gasteiger charge is 2.38. The Labute approximate surface area is 134 Å². The van der Waals surface area contributed by atoms with Gasteiger partial charge in [-0.15, -0.1) is 0 Å². The molecule has 1 saturated carbocycles. The molecule has 0 heterocycles. The number of nitrogens with zero attached hydrogens (tertiary/aromatic N) is 1. The van der Waals surface area contributed by atoms with Crippen LogP contribution in [0.4, 0.5) is 17.6 Å². The van der Waals surface area contributed by atoms with Gasteiger partial charge in [0, 0.05) is 11.3 Å². The number of thioether (sulfide) groups is 1. The van der Waals surface area contributed by atoms with Crippen LogP contribution in [0.15, 0.2) is 29.3 Å². The van der Waals surface area contributed by atoms with Gasteiger partial charge in [0.05, 0.1) is 0 Å². The number of alkyl halides is 3. The molecule has 2 rings (SSSR count). The quantitative estimate of drug-likeness (QED) is 0.602. The Balaban J connectivity index is 2.20. The van der Waals surface area contributed by atoms with Crippen LogP contribution < -0.4 is 0 Å². The summed E-state index contributed by atoms with van der Waals surface area (Å²) in [6.07, 6.45) is -2.65. The number of rotatable bonds is 7. The molecule has 1 N–H and O–H groups in total. The van der Waals surface area contributed by atoms with E-state index in [1.54, 1.807) is 0 Å². The molecule has 23 heavy (non-hydrogen) atoms. The minimum absolute atomic E-state index is 0.0212. The first-order valence-corrected chi connectivity index (χ1v) is 8.14. The van der Waals surface area contributed by atoms with E-state index in [0.29, 0.717) is 5.92 Å². The summed E-state index contributed by atoms with van der Waals surface area (Å²) in [5.41, 5.74) is -1.64. The lowest BCUT2D eigenvalue weighted by atomic mass is 10.1. The molecule has 0 saturated heterocycles. The predicted octanol–water partition coefficient (Wildman–Crippen LogP) is 3.77. The second kappa shape index (κ2) is 7.33. The summed E-state index contributed by atoms with van der Waals surface area (Å²) in [7, 11) is 0. The summed E-state index contributed by atoms with van der Waals surface area (Å²) >= 11 is 1.30. The number of carboxylic acids is 1. The largest absolute Gasteiger partial charge is 0.480 e. The lowest BCUT2D eigenvalue weighted by Crippen LogP contribution is -2.30. The number of benzene rings is 1. The van der Waals surface area contributed by atoms with E-state index in [1.807, 2.05) is 0 Å². The number of carbonyl (C=O) groups is 1. The number of hydrogen-bond donors (Lipinski definition) is 1. The van der Waals surface area contributed by atoms with E-state index in [-0.39, 0.29) is 11.3 Å². The van der Waals surface area contributed by atoms with Crippen LogP contribution in [0.25, 0.3) is 0 Å². The van der Waals surface area contributed by atoms with Crippen molar-refractivity contribution in [3.63, 3.8) is 0 Å². The highest BCUT2D eigenvalue weighted by atomic mass is 32.2. The lowest BCUT2D eigenvalue weighted by Gasteiger charge is -2.14. The highest BCUT2D eigenvalue weighted by Crippen LogP contribution is 2.33.